The fraction of sp³-hybridized carbons (Fsp3) is 0.240. The number of rotatable bonds is 8. The van der Waals surface area contributed by atoms with Gasteiger partial charge in [-0.25, -0.2) is 9.78 Å². The van der Waals surface area contributed by atoms with E-state index in [0.29, 0.717) is 16.2 Å². The summed E-state index contributed by atoms with van der Waals surface area (Å²) in [5, 5.41) is 15.0. The minimum Gasteiger partial charge on any atom is -0.485 e. The number of ether oxygens (including phenoxy) is 1. The fourth-order valence-electron chi connectivity index (χ4n) is 3.81. The van der Waals surface area contributed by atoms with Crippen molar-refractivity contribution in [3.63, 3.8) is 0 Å². The Labute approximate surface area is 200 Å². The van der Waals surface area contributed by atoms with Crippen LogP contribution < -0.4 is 10.1 Å². The molecular formula is C25H23ClN2O4S. The molecule has 1 heterocycles. The van der Waals surface area contributed by atoms with E-state index in [1.165, 1.54) is 17.4 Å². The predicted molar refractivity (Wildman–Crippen MR) is 131 cm³/mol. The summed E-state index contributed by atoms with van der Waals surface area (Å²) in [6.45, 7) is 3.63. The minimum atomic E-state index is -1.38. The van der Waals surface area contributed by atoms with E-state index in [1.54, 1.807) is 13.8 Å². The molecular weight excluding hydrogens is 460 g/mol. The zero-order chi connectivity index (χ0) is 23.6. The molecule has 4 rings (SSSR count). The second-order valence-corrected chi connectivity index (χ2v) is 9.22. The molecule has 0 fully saturated rings. The van der Waals surface area contributed by atoms with E-state index < -0.39 is 17.4 Å². The molecule has 0 bridgehead atoms. The van der Waals surface area contributed by atoms with Crippen molar-refractivity contribution in [1.82, 2.24) is 10.3 Å². The van der Waals surface area contributed by atoms with E-state index in [0.717, 1.165) is 20.6 Å². The van der Waals surface area contributed by atoms with Crippen molar-refractivity contribution in [3.05, 3.63) is 70.2 Å². The standard InChI is InChI=1S/C25H23ClN2O4S/c1-3-25(4-2,24(30)31)28-23(29)17-13-18(26)15-9-5-6-10-16(15)22(17)32-14-21-27-19-11-7-8-12-20(19)33-21/h5-13H,3-4,14H2,1-2H3,(H,28,29)(H,30,31). The molecule has 0 aliphatic heterocycles. The van der Waals surface area contributed by atoms with Crippen LogP contribution in [-0.4, -0.2) is 27.5 Å². The molecule has 33 heavy (non-hydrogen) atoms. The number of halogens is 1. The maximum atomic E-state index is 13.3. The van der Waals surface area contributed by atoms with Gasteiger partial charge in [0.05, 0.1) is 15.8 Å². The van der Waals surface area contributed by atoms with Gasteiger partial charge in [-0.2, -0.15) is 0 Å². The van der Waals surface area contributed by atoms with Gasteiger partial charge in [-0.3, -0.25) is 4.79 Å². The zero-order valence-corrected chi connectivity index (χ0v) is 19.8. The molecule has 0 aliphatic carbocycles. The SMILES string of the molecule is CCC(CC)(NC(=O)c1cc(Cl)c2ccccc2c1OCc1nc2ccccc2s1)C(=O)O. The Morgan fingerprint density at radius 2 is 1.76 bits per heavy atom. The van der Waals surface area contributed by atoms with Gasteiger partial charge in [0.1, 0.15) is 22.9 Å². The van der Waals surface area contributed by atoms with E-state index in [-0.39, 0.29) is 25.0 Å². The summed E-state index contributed by atoms with van der Waals surface area (Å²) < 4.78 is 7.21. The van der Waals surface area contributed by atoms with Gasteiger partial charge in [0.25, 0.3) is 5.91 Å². The van der Waals surface area contributed by atoms with Crippen LogP contribution in [0.5, 0.6) is 5.75 Å². The van der Waals surface area contributed by atoms with Crippen molar-refractivity contribution < 1.29 is 19.4 Å². The molecule has 0 unspecified atom stereocenters. The first kappa shape index (κ1) is 23.0. The lowest BCUT2D eigenvalue weighted by atomic mass is 9.92. The summed E-state index contributed by atoms with van der Waals surface area (Å²) in [5.74, 6) is -1.28. The van der Waals surface area contributed by atoms with Gasteiger partial charge in [0.2, 0.25) is 0 Å². The number of hydrogen-bond donors (Lipinski definition) is 2. The van der Waals surface area contributed by atoms with Crippen LogP contribution in [0.4, 0.5) is 0 Å². The highest BCUT2D eigenvalue weighted by molar-refractivity contribution is 7.18. The van der Waals surface area contributed by atoms with Crippen LogP contribution in [-0.2, 0) is 11.4 Å². The van der Waals surface area contributed by atoms with Crippen molar-refractivity contribution in [3.8, 4) is 5.75 Å². The number of para-hydroxylation sites is 1. The monoisotopic (exact) mass is 482 g/mol. The van der Waals surface area contributed by atoms with Crippen LogP contribution >= 0.6 is 22.9 Å². The molecule has 2 N–H and O–H groups in total. The quantitative estimate of drug-likeness (QED) is 0.319. The van der Waals surface area contributed by atoms with Gasteiger partial charge < -0.3 is 15.2 Å². The van der Waals surface area contributed by atoms with Crippen LogP contribution in [0.25, 0.3) is 21.0 Å². The Kier molecular flexibility index (Phi) is 6.54. The molecule has 6 nitrogen and oxygen atoms in total. The molecule has 0 spiro atoms. The number of nitrogens with one attached hydrogen (secondary N) is 1. The highest BCUT2D eigenvalue weighted by Crippen LogP contribution is 2.36. The van der Waals surface area contributed by atoms with Crippen molar-refractivity contribution >= 4 is 55.8 Å². The first-order valence-corrected chi connectivity index (χ1v) is 11.8. The van der Waals surface area contributed by atoms with E-state index in [4.69, 9.17) is 16.3 Å². The lowest BCUT2D eigenvalue weighted by Crippen LogP contribution is -2.53. The summed E-state index contributed by atoms with van der Waals surface area (Å²) in [7, 11) is 0. The highest BCUT2D eigenvalue weighted by atomic mass is 35.5. The number of aliphatic carboxylic acids is 1. The van der Waals surface area contributed by atoms with Crippen molar-refractivity contribution in [2.24, 2.45) is 0 Å². The number of benzene rings is 3. The van der Waals surface area contributed by atoms with Gasteiger partial charge in [0.15, 0.2) is 0 Å². The highest BCUT2D eigenvalue weighted by Gasteiger charge is 2.37. The van der Waals surface area contributed by atoms with Crippen molar-refractivity contribution in [1.29, 1.82) is 0 Å². The molecule has 1 amide bonds. The second-order valence-electron chi connectivity index (χ2n) is 7.69. The number of carbonyl (C=O) groups is 2. The zero-order valence-electron chi connectivity index (χ0n) is 18.2. The van der Waals surface area contributed by atoms with Crippen LogP contribution in [0.2, 0.25) is 5.02 Å². The Balaban J connectivity index is 1.75. The molecule has 0 aliphatic rings. The number of thiazole rings is 1. The molecule has 3 aromatic carbocycles. The van der Waals surface area contributed by atoms with E-state index in [9.17, 15) is 14.7 Å². The summed E-state index contributed by atoms with van der Waals surface area (Å²) in [6.07, 6.45) is 0.488. The average molecular weight is 483 g/mol. The summed E-state index contributed by atoms with van der Waals surface area (Å²) in [6, 6.07) is 16.7. The van der Waals surface area contributed by atoms with Gasteiger partial charge in [-0.05, 0) is 31.0 Å². The molecule has 1 aromatic heterocycles. The maximum absolute atomic E-state index is 13.3. The number of hydrogen-bond acceptors (Lipinski definition) is 5. The van der Waals surface area contributed by atoms with Gasteiger partial charge in [0, 0.05) is 15.8 Å². The Morgan fingerprint density at radius 1 is 1.09 bits per heavy atom. The third kappa shape index (κ3) is 4.38. The molecule has 170 valence electrons. The number of fused-ring (bicyclic) bond motifs is 2. The Hall–Kier alpha value is -3.16. The molecule has 8 heteroatoms. The third-order valence-electron chi connectivity index (χ3n) is 5.84. The van der Waals surface area contributed by atoms with Crippen LogP contribution in [0.3, 0.4) is 0 Å². The van der Waals surface area contributed by atoms with Crippen molar-refractivity contribution in [2.75, 3.05) is 0 Å². The van der Waals surface area contributed by atoms with Gasteiger partial charge in [-0.15, -0.1) is 11.3 Å². The number of aromatic nitrogens is 1. The molecule has 0 saturated carbocycles. The number of nitrogens with zero attached hydrogens (tertiary/aromatic N) is 1. The first-order valence-electron chi connectivity index (χ1n) is 10.6. The first-order chi connectivity index (χ1) is 15.9. The van der Waals surface area contributed by atoms with Gasteiger partial charge >= 0.3 is 5.97 Å². The maximum Gasteiger partial charge on any atom is 0.329 e. The summed E-state index contributed by atoms with van der Waals surface area (Å²) >= 11 is 8.01. The normalized spacial score (nSPS) is 11.6. The lowest BCUT2D eigenvalue weighted by molar-refractivity contribution is -0.144. The molecule has 4 aromatic rings. The predicted octanol–water partition coefficient (Wildman–Crippen LogP) is 6.06. The van der Waals surface area contributed by atoms with E-state index >= 15 is 0 Å². The number of carbonyl (C=O) groups excluding carboxylic acids is 1. The van der Waals surface area contributed by atoms with Crippen molar-refractivity contribution in [2.45, 2.75) is 38.8 Å². The minimum absolute atomic E-state index is 0.164. The second kappa shape index (κ2) is 9.37. The smallest absolute Gasteiger partial charge is 0.329 e. The third-order valence-corrected chi connectivity index (χ3v) is 7.16. The number of carboxylic acids is 1. The number of amides is 1. The molecule has 0 radical (unpaired) electrons. The Morgan fingerprint density at radius 3 is 2.42 bits per heavy atom. The fourth-order valence-corrected chi connectivity index (χ4v) is 4.97. The average Bonchev–Trinajstić information content (AvgIpc) is 3.24. The van der Waals surface area contributed by atoms with Crippen LogP contribution in [0.1, 0.15) is 42.1 Å². The molecule has 0 atom stereocenters. The van der Waals surface area contributed by atoms with Gasteiger partial charge in [-0.1, -0.05) is 61.8 Å². The van der Waals surface area contributed by atoms with Crippen LogP contribution in [0.15, 0.2) is 54.6 Å². The van der Waals surface area contributed by atoms with E-state index in [2.05, 4.69) is 10.3 Å². The largest absolute Gasteiger partial charge is 0.485 e. The summed E-state index contributed by atoms with van der Waals surface area (Å²) in [5.41, 5.74) is -0.302. The topological polar surface area (TPSA) is 88.5 Å². The lowest BCUT2D eigenvalue weighted by Gasteiger charge is -2.28. The van der Waals surface area contributed by atoms with Crippen LogP contribution in [0, 0.1) is 0 Å². The number of carboxylic acid groups (broad SMARTS) is 1. The summed E-state index contributed by atoms with van der Waals surface area (Å²) in [4.78, 5) is 29.9. The Bertz CT molecular complexity index is 1310. The molecule has 0 saturated heterocycles. The van der Waals surface area contributed by atoms with E-state index in [1.807, 2.05) is 48.5 Å².